The maximum absolute atomic E-state index is 9.25. The Morgan fingerprint density at radius 1 is 1.22 bits per heavy atom. The van der Waals surface area contributed by atoms with E-state index >= 15 is 0 Å². The zero-order valence-electron chi connectivity index (χ0n) is 10.4. The van der Waals surface area contributed by atoms with Gasteiger partial charge in [0.05, 0.1) is 5.56 Å². The van der Waals surface area contributed by atoms with Gasteiger partial charge in [0.15, 0.2) is 0 Å². The standard InChI is InChI=1S/C15H17N3/c16-10-12-9-11-5-1-4-8-14(11)18-15(12)17-13-6-2-3-7-13/h2-3,9,13H,1,4-8H2,(H,17,18). The highest BCUT2D eigenvalue weighted by Crippen LogP contribution is 2.26. The van der Waals surface area contributed by atoms with Crippen molar-refractivity contribution >= 4 is 5.82 Å². The fraction of sp³-hybridized carbons (Fsp3) is 0.467. The van der Waals surface area contributed by atoms with E-state index in [-0.39, 0.29) is 0 Å². The first kappa shape index (κ1) is 11.3. The second-order valence-corrected chi connectivity index (χ2v) is 5.09. The molecule has 0 saturated heterocycles. The molecule has 2 aliphatic carbocycles. The van der Waals surface area contributed by atoms with Crippen molar-refractivity contribution in [2.45, 2.75) is 44.6 Å². The minimum atomic E-state index is 0.409. The molecule has 0 unspecified atom stereocenters. The molecule has 1 heterocycles. The van der Waals surface area contributed by atoms with Crippen molar-refractivity contribution in [3.8, 4) is 6.07 Å². The van der Waals surface area contributed by atoms with Crippen molar-refractivity contribution in [1.29, 1.82) is 5.26 Å². The molecule has 0 amide bonds. The summed E-state index contributed by atoms with van der Waals surface area (Å²) < 4.78 is 0. The van der Waals surface area contributed by atoms with Gasteiger partial charge in [-0.25, -0.2) is 4.98 Å². The fourth-order valence-corrected chi connectivity index (χ4v) is 2.76. The van der Waals surface area contributed by atoms with Crippen LogP contribution < -0.4 is 5.32 Å². The molecule has 1 aromatic rings. The van der Waals surface area contributed by atoms with E-state index in [0.717, 1.165) is 31.5 Å². The molecule has 0 atom stereocenters. The Labute approximate surface area is 108 Å². The summed E-state index contributed by atoms with van der Waals surface area (Å²) in [5, 5.41) is 12.7. The molecule has 3 rings (SSSR count). The number of hydrogen-bond donors (Lipinski definition) is 1. The van der Waals surface area contributed by atoms with Crippen LogP contribution in [0.5, 0.6) is 0 Å². The van der Waals surface area contributed by atoms with Crippen LogP contribution in [0.4, 0.5) is 5.82 Å². The van der Waals surface area contributed by atoms with E-state index in [0.29, 0.717) is 11.6 Å². The molecular formula is C15H17N3. The molecule has 3 heteroatoms. The van der Waals surface area contributed by atoms with E-state index in [1.54, 1.807) is 0 Å². The normalized spacial score (nSPS) is 18.4. The molecule has 1 N–H and O–H groups in total. The number of fused-ring (bicyclic) bond motifs is 1. The van der Waals surface area contributed by atoms with E-state index in [9.17, 15) is 5.26 Å². The van der Waals surface area contributed by atoms with E-state index in [1.165, 1.54) is 24.1 Å². The van der Waals surface area contributed by atoms with E-state index < -0.39 is 0 Å². The molecule has 18 heavy (non-hydrogen) atoms. The Morgan fingerprint density at radius 3 is 2.78 bits per heavy atom. The van der Waals surface area contributed by atoms with Crippen LogP contribution in [0.2, 0.25) is 0 Å². The molecule has 0 radical (unpaired) electrons. The predicted molar refractivity (Wildman–Crippen MR) is 71.4 cm³/mol. The summed E-state index contributed by atoms with van der Waals surface area (Å²) in [6.45, 7) is 0. The highest BCUT2D eigenvalue weighted by molar-refractivity contribution is 5.55. The molecule has 0 aromatic carbocycles. The monoisotopic (exact) mass is 239 g/mol. The number of anilines is 1. The first-order valence-electron chi connectivity index (χ1n) is 6.71. The Balaban J connectivity index is 1.89. The average Bonchev–Trinajstić information content (AvgIpc) is 2.91. The number of nitrogens with zero attached hydrogens (tertiary/aromatic N) is 2. The third-order valence-corrected chi connectivity index (χ3v) is 3.77. The number of hydrogen-bond acceptors (Lipinski definition) is 3. The van der Waals surface area contributed by atoms with Crippen LogP contribution in [-0.4, -0.2) is 11.0 Å². The second kappa shape index (κ2) is 4.81. The molecule has 0 fully saturated rings. The van der Waals surface area contributed by atoms with Crippen molar-refractivity contribution in [3.05, 3.63) is 35.0 Å². The van der Waals surface area contributed by atoms with Gasteiger partial charge in [-0.3, -0.25) is 0 Å². The number of pyridine rings is 1. The third kappa shape index (κ3) is 2.11. The molecule has 0 spiro atoms. The Bertz CT molecular complexity index is 517. The van der Waals surface area contributed by atoms with Gasteiger partial charge in [0.1, 0.15) is 11.9 Å². The largest absolute Gasteiger partial charge is 0.366 e. The van der Waals surface area contributed by atoms with Gasteiger partial charge >= 0.3 is 0 Å². The lowest BCUT2D eigenvalue weighted by Crippen LogP contribution is -2.18. The maximum Gasteiger partial charge on any atom is 0.144 e. The SMILES string of the molecule is N#Cc1cc2c(nc1NC1CC=CC1)CCCC2. The van der Waals surface area contributed by atoms with Crippen LogP contribution in [0.25, 0.3) is 0 Å². The highest BCUT2D eigenvalue weighted by Gasteiger charge is 2.17. The van der Waals surface area contributed by atoms with Gasteiger partial charge < -0.3 is 5.32 Å². The Hall–Kier alpha value is -1.82. The number of aryl methyl sites for hydroxylation is 2. The van der Waals surface area contributed by atoms with Crippen LogP contribution in [0.1, 0.15) is 42.5 Å². The minimum absolute atomic E-state index is 0.409. The summed E-state index contributed by atoms with van der Waals surface area (Å²) in [4.78, 5) is 4.69. The first-order chi connectivity index (χ1) is 8.86. The van der Waals surface area contributed by atoms with Gasteiger partial charge in [0.25, 0.3) is 0 Å². The van der Waals surface area contributed by atoms with Crippen molar-refractivity contribution in [2.75, 3.05) is 5.32 Å². The molecule has 0 bridgehead atoms. The van der Waals surface area contributed by atoms with Crippen molar-refractivity contribution in [1.82, 2.24) is 4.98 Å². The maximum atomic E-state index is 9.25. The van der Waals surface area contributed by atoms with Gasteiger partial charge in [-0.2, -0.15) is 5.26 Å². The number of nitrogens with one attached hydrogen (secondary N) is 1. The van der Waals surface area contributed by atoms with Crippen molar-refractivity contribution in [3.63, 3.8) is 0 Å². The molecule has 92 valence electrons. The van der Waals surface area contributed by atoms with Crippen LogP contribution in [0.3, 0.4) is 0 Å². The summed E-state index contributed by atoms with van der Waals surface area (Å²) in [6, 6.07) is 4.72. The predicted octanol–water partition coefficient (Wildman–Crippen LogP) is 2.96. The number of nitriles is 1. The van der Waals surface area contributed by atoms with E-state index in [1.807, 2.05) is 6.07 Å². The van der Waals surface area contributed by atoms with Crippen LogP contribution >= 0.6 is 0 Å². The van der Waals surface area contributed by atoms with Crippen LogP contribution in [0, 0.1) is 11.3 Å². The molecule has 1 aromatic heterocycles. The summed E-state index contributed by atoms with van der Waals surface area (Å²) >= 11 is 0. The van der Waals surface area contributed by atoms with Gasteiger partial charge in [-0.05, 0) is 50.2 Å². The Morgan fingerprint density at radius 2 is 2.00 bits per heavy atom. The summed E-state index contributed by atoms with van der Waals surface area (Å²) in [5.74, 6) is 0.784. The Kier molecular flexibility index (Phi) is 3.02. The summed E-state index contributed by atoms with van der Waals surface area (Å²) in [6.07, 6.45) is 11.0. The van der Waals surface area contributed by atoms with E-state index in [2.05, 4.69) is 28.5 Å². The van der Waals surface area contributed by atoms with Gasteiger partial charge in [0.2, 0.25) is 0 Å². The molecule has 2 aliphatic rings. The zero-order chi connectivity index (χ0) is 12.4. The highest BCUT2D eigenvalue weighted by atomic mass is 15.0. The van der Waals surface area contributed by atoms with E-state index in [4.69, 9.17) is 0 Å². The number of rotatable bonds is 2. The summed E-state index contributed by atoms with van der Waals surface area (Å²) in [5.41, 5.74) is 3.16. The topological polar surface area (TPSA) is 48.7 Å². The lowest BCUT2D eigenvalue weighted by atomic mass is 9.95. The second-order valence-electron chi connectivity index (χ2n) is 5.09. The molecular weight excluding hydrogens is 222 g/mol. The van der Waals surface area contributed by atoms with Gasteiger partial charge in [0, 0.05) is 11.7 Å². The van der Waals surface area contributed by atoms with Gasteiger partial charge in [-0.1, -0.05) is 12.2 Å². The van der Waals surface area contributed by atoms with Gasteiger partial charge in [-0.15, -0.1) is 0 Å². The minimum Gasteiger partial charge on any atom is -0.366 e. The van der Waals surface area contributed by atoms with Crippen molar-refractivity contribution < 1.29 is 0 Å². The zero-order valence-corrected chi connectivity index (χ0v) is 10.4. The van der Waals surface area contributed by atoms with Crippen LogP contribution in [0.15, 0.2) is 18.2 Å². The van der Waals surface area contributed by atoms with Crippen LogP contribution in [-0.2, 0) is 12.8 Å². The molecule has 3 nitrogen and oxygen atoms in total. The quantitative estimate of drug-likeness (QED) is 0.807. The smallest absolute Gasteiger partial charge is 0.144 e. The third-order valence-electron chi connectivity index (χ3n) is 3.77. The first-order valence-corrected chi connectivity index (χ1v) is 6.71. The lowest BCUT2D eigenvalue weighted by molar-refractivity contribution is 0.666. The molecule has 0 saturated carbocycles. The lowest BCUT2D eigenvalue weighted by Gasteiger charge is -2.19. The number of aromatic nitrogens is 1. The fourth-order valence-electron chi connectivity index (χ4n) is 2.76. The van der Waals surface area contributed by atoms with Crippen molar-refractivity contribution in [2.24, 2.45) is 0 Å². The molecule has 0 aliphatic heterocycles. The average molecular weight is 239 g/mol. The summed E-state index contributed by atoms with van der Waals surface area (Å²) in [7, 11) is 0.